The van der Waals surface area contributed by atoms with Crippen LogP contribution in [-0.2, 0) is 0 Å². The van der Waals surface area contributed by atoms with E-state index in [2.05, 4.69) is 5.32 Å². The van der Waals surface area contributed by atoms with Gasteiger partial charge in [0, 0.05) is 29.7 Å². The standard InChI is InChI=1S/C15H19ClN2O/c1-10-8-11(2-3-13(10)16)15(19)18-7-5-14-12(9-18)4-6-17-14/h2-3,8,12,14,17H,4-7,9H2,1H3. The number of nitrogens with zero attached hydrogens (tertiary/aromatic N) is 1. The zero-order valence-corrected chi connectivity index (χ0v) is 11.9. The predicted octanol–water partition coefficient (Wildman–Crippen LogP) is 2.47. The highest BCUT2D eigenvalue weighted by molar-refractivity contribution is 6.31. The Morgan fingerprint density at radius 1 is 1.42 bits per heavy atom. The summed E-state index contributed by atoms with van der Waals surface area (Å²) in [6.45, 7) is 4.77. The molecule has 2 fully saturated rings. The van der Waals surface area contributed by atoms with Gasteiger partial charge in [-0.3, -0.25) is 4.79 Å². The summed E-state index contributed by atoms with van der Waals surface area (Å²) in [6.07, 6.45) is 2.26. The Labute approximate surface area is 118 Å². The lowest BCUT2D eigenvalue weighted by atomic mass is 9.93. The van der Waals surface area contributed by atoms with Crippen molar-refractivity contribution in [2.45, 2.75) is 25.8 Å². The Kier molecular flexibility index (Phi) is 3.50. The number of carbonyl (C=O) groups excluding carboxylic acids is 1. The van der Waals surface area contributed by atoms with Gasteiger partial charge in [0.05, 0.1) is 0 Å². The van der Waals surface area contributed by atoms with Crippen LogP contribution in [0.5, 0.6) is 0 Å². The molecule has 0 bridgehead atoms. The third kappa shape index (κ3) is 2.49. The third-order valence-electron chi connectivity index (χ3n) is 4.35. The van der Waals surface area contributed by atoms with Gasteiger partial charge in [-0.2, -0.15) is 0 Å². The summed E-state index contributed by atoms with van der Waals surface area (Å²) >= 11 is 6.01. The minimum atomic E-state index is 0.144. The molecule has 0 aromatic heterocycles. The van der Waals surface area contributed by atoms with Gasteiger partial charge in [0.1, 0.15) is 0 Å². The molecule has 19 heavy (non-hydrogen) atoms. The fraction of sp³-hybridized carbons (Fsp3) is 0.533. The minimum Gasteiger partial charge on any atom is -0.338 e. The molecule has 1 N–H and O–H groups in total. The molecule has 2 unspecified atom stereocenters. The van der Waals surface area contributed by atoms with E-state index in [1.807, 2.05) is 30.0 Å². The molecule has 0 saturated carbocycles. The van der Waals surface area contributed by atoms with Gasteiger partial charge in [0.2, 0.25) is 0 Å². The zero-order chi connectivity index (χ0) is 13.4. The highest BCUT2D eigenvalue weighted by Gasteiger charge is 2.34. The topological polar surface area (TPSA) is 32.3 Å². The number of halogens is 1. The molecule has 2 atom stereocenters. The minimum absolute atomic E-state index is 0.144. The molecule has 0 aliphatic carbocycles. The number of piperidine rings is 1. The first kappa shape index (κ1) is 12.9. The molecular weight excluding hydrogens is 260 g/mol. The second-order valence-electron chi connectivity index (χ2n) is 5.61. The number of hydrogen-bond donors (Lipinski definition) is 1. The second-order valence-corrected chi connectivity index (χ2v) is 6.02. The second kappa shape index (κ2) is 5.14. The fourth-order valence-corrected chi connectivity index (χ4v) is 3.31. The average Bonchev–Trinajstić information content (AvgIpc) is 2.88. The van der Waals surface area contributed by atoms with Crippen molar-refractivity contribution in [3.05, 3.63) is 34.3 Å². The summed E-state index contributed by atoms with van der Waals surface area (Å²) in [5.74, 6) is 0.774. The fourth-order valence-electron chi connectivity index (χ4n) is 3.19. The van der Waals surface area contributed by atoms with Crippen molar-refractivity contribution >= 4 is 17.5 Å². The number of amides is 1. The van der Waals surface area contributed by atoms with Crippen LogP contribution in [0, 0.1) is 12.8 Å². The summed E-state index contributed by atoms with van der Waals surface area (Å²) in [6, 6.07) is 6.16. The Morgan fingerprint density at radius 2 is 2.26 bits per heavy atom. The van der Waals surface area contributed by atoms with Crippen LogP contribution in [0.3, 0.4) is 0 Å². The SMILES string of the molecule is Cc1cc(C(=O)N2CCC3NCCC3C2)ccc1Cl. The molecule has 1 aromatic rings. The number of likely N-dealkylation sites (tertiary alicyclic amines) is 1. The van der Waals surface area contributed by atoms with Crippen molar-refractivity contribution in [1.29, 1.82) is 0 Å². The van der Waals surface area contributed by atoms with E-state index in [-0.39, 0.29) is 5.91 Å². The van der Waals surface area contributed by atoms with E-state index >= 15 is 0 Å². The predicted molar refractivity (Wildman–Crippen MR) is 76.6 cm³/mol. The lowest BCUT2D eigenvalue weighted by Gasteiger charge is -2.35. The van der Waals surface area contributed by atoms with Gasteiger partial charge in [0.25, 0.3) is 5.91 Å². The molecule has 2 aliphatic rings. The Hall–Kier alpha value is -1.06. The maximum atomic E-state index is 12.5. The summed E-state index contributed by atoms with van der Waals surface area (Å²) < 4.78 is 0. The molecule has 3 nitrogen and oxygen atoms in total. The van der Waals surface area contributed by atoms with Crippen molar-refractivity contribution < 1.29 is 4.79 Å². The van der Waals surface area contributed by atoms with Gasteiger partial charge < -0.3 is 10.2 Å². The van der Waals surface area contributed by atoms with Gasteiger partial charge in [-0.05, 0) is 56.0 Å². The molecule has 1 aromatic carbocycles. The van der Waals surface area contributed by atoms with E-state index in [0.29, 0.717) is 12.0 Å². The summed E-state index contributed by atoms with van der Waals surface area (Å²) in [7, 11) is 0. The average molecular weight is 279 g/mol. The number of aryl methyl sites for hydroxylation is 1. The van der Waals surface area contributed by atoms with Gasteiger partial charge in [-0.15, -0.1) is 0 Å². The molecule has 0 radical (unpaired) electrons. The van der Waals surface area contributed by atoms with Crippen LogP contribution in [0.1, 0.15) is 28.8 Å². The van der Waals surface area contributed by atoms with Crippen molar-refractivity contribution in [3.63, 3.8) is 0 Å². The molecule has 0 spiro atoms. The molecule has 2 heterocycles. The Balaban J connectivity index is 1.74. The van der Waals surface area contributed by atoms with Crippen molar-refractivity contribution in [2.24, 2.45) is 5.92 Å². The van der Waals surface area contributed by atoms with Crippen molar-refractivity contribution in [3.8, 4) is 0 Å². The van der Waals surface area contributed by atoms with Crippen LogP contribution in [0.2, 0.25) is 5.02 Å². The van der Waals surface area contributed by atoms with Crippen LogP contribution in [0.25, 0.3) is 0 Å². The third-order valence-corrected chi connectivity index (χ3v) is 4.77. The Bertz CT molecular complexity index is 503. The number of carbonyl (C=O) groups is 1. The summed E-state index contributed by atoms with van der Waals surface area (Å²) in [5, 5.41) is 4.24. The van der Waals surface area contributed by atoms with Crippen molar-refractivity contribution in [2.75, 3.05) is 19.6 Å². The molecule has 2 saturated heterocycles. The van der Waals surface area contributed by atoms with Gasteiger partial charge in [-0.1, -0.05) is 11.6 Å². The molecular formula is C15H19ClN2O. The van der Waals surface area contributed by atoms with E-state index < -0.39 is 0 Å². The van der Waals surface area contributed by atoms with E-state index in [9.17, 15) is 4.79 Å². The van der Waals surface area contributed by atoms with Crippen LogP contribution in [-0.4, -0.2) is 36.5 Å². The van der Waals surface area contributed by atoms with E-state index in [0.717, 1.165) is 42.2 Å². The van der Waals surface area contributed by atoms with Crippen molar-refractivity contribution in [1.82, 2.24) is 10.2 Å². The highest BCUT2D eigenvalue weighted by atomic mass is 35.5. The smallest absolute Gasteiger partial charge is 0.253 e. The maximum Gasteiger partial charge on any atom is 0.253 e. The molecule has 2 aliphatic heterocycles. The number of hydrogen-bond acceptors (Lipinski definition) is 2. The van der Waals surface area contributed by atoms with Crippen LogP contribution in [0.4, 0.5) is 0 Å². The highest BCUT2D eigenvalue weighted by Crippen LogP contribution is 2.26. The quantitative estimate of drug-likeness (QED) is 0.856. The van der Waals surface area contributed by atoms with E-state index in [1.54, 1.807) is 0 Å². The monoisotopic (exact) mass is 278 g/mol. The van der Waals surface area contributed by atoms with E-state index in [4.69, 9.17) is 11.6 Å². The van der Waals surface area contributed by atoms with Gasteiger partial charge in [-0.25, -0.2) is 0 Å². The van der Waals surface area contributed by atoms with Crippen LogP contribution < -0.4 is 5.32 Å². The molecule has 3 rings (SSSR count). The lowest BCUT2D eigenvalue weighted by molar-refractivity contribution is 0.0662. The summed E-state index contributed by atoms with van der Waals surface area (Å²) in [4.78, 5) is 14.5. The maximum absolute atomic E-state index is 12.5. The molecule has 1 amide bonds. The lowest BCUT2D eigenvalue weighted by Crippen LogP contribution is -2.46. The number of nitrogens with one attached hydrogen (secondary N) is 1. The first-order valence-electron chi connectivity index (χ1n) is 6.94. The largest absolute Gasteiger partial charge is 0.338 e. The number of benzene rings is 1. The zero-order valence-electron chi connectivity index (χ0n) is 11.2. The van der Waals surface area contributed by atoms with Gasteiger partial charge in [0.15, 0.2) is 0 Å². The van der Waals surface area contributed by atoms with Crippen LogP contribution in [0.15, 0.2) is 18.2 Å². The summed E-state index contributed by atoms with van der Waals surface area (Å²) in [5.41, 5.74) is 1.72. The van der Waals surface area contributed by atoms with Gasteiger partial charge >= 0.3 is 0 Å². The Morgan fingerprint density at radius 3 is 3.05 bits per heavy atom. The van der Waals surface area contributed by atoms with E-state index in [1.165, 1.54) is 6.42 Å². The number of rotatable bonds is 1. The normalized spacial score (nSPS) is 26.3. The number of fused-ring (bicyclic) bond motifs is 1. The first-order valence-corrected chi connectivity index (χ1v) is 7.32. The first-order chi connectivity index (χ1) is 9.15. The van der Waals surface area contributed by atoms with Crippen LogP contribution >= 0.6 is 11.6 Å². The molecule has 4 heteroatoms. The molecule has 102 valence electrons.